The number of carbonyl (C=O) groups excluding carboxylic acids is 2. The Balaban J connectivity index is 1.34. The second kappa shape index (κ2) is 12.4. The molecule has 4 rings (SSSR count). The van der Waals surface area contributed by atoms with Crippen LogP contribution in [0.1, 0.15) is 22.5 Å². The van der Waals surface area contributed by atoms with E-state index in [0.29, 0.717) is 36.0 Å². The third kappa shape index (κ3) is 7.68. The van der Waals surface area contributed by atoms with Gasteiger partial charge in [0.1, 0.15) is 0 Å². The van der Waals surface area contributed by atoms with Crippen molar-refractivity contribution < 1.29 is 9.59 Å². The first-order valence-electron chi connectivity index (χ1n) is 11.9. The van der Waals surface area contributed by atoms with Crippen LogP contribution in [0, 0.1) is 0 Å². The molecule has 0 fully saturated rings. The van der Waals surface area contributed by atoms with Crippen molar-refractivity contribution in [3.63, 3.8) is 0 Å². The van der Waals surface area contributed by atoms with E-state index in [9.17, 15) is 9.59 Å². The molecule has 0 radical (unpaired) electrons. The molecule has 3 N–H and O–H groups in total. The molecule has 1 aromatic heterocycles. The van der Waals surface area contributed by atoms with E-state index in [4.69, 9.17) is 0 Å². The minimum atomic E-state index is -0.278. The second-order valence-corrected chi connectivity index (χ2v) is 8.64. The first-order chi connectivity index (χ1) is 18.0. The minimum absolute atomic E-state index is 0.249. The van der Waals surface area contributed by atoms with Crippen molar-refractivity contribution in [1.29, 1.82) is 0 Å². The van der Waals surface area contributed by atoms with E-state index >= 15 is 0 Å². The van der Waals surface area contributed by atoms with Gasteiger partial charge < -0.3 is 20.9 Å². The molecule has 1 aliphatic rings. The number of hydrogen-bond donors (Lipinski definition) is 3. The van der Waals surface area contributed by atoms with E-state index in [1.165, 1.54) is 6.08 Å². The maximum atomic E-state index is 12.8. The molecule has 0 aliphatic carbocycles. The fourth-order valence-electron chi connectivity index (χ4n) is 3.54. The molecule has 0 spiro atoms. The van der Waals surface area contributed by atoms with Crippen LogP contribution in [0.25, 0.3) is 5.57 Å². The largest absolute Gasteiger partial charge is 0.324 e. The smallest absolute Gasteiger partial charge is 0.255 e. The molecule has 2 aromatic carbocycles. The van der Waals surface area contributed by atoms with Crippen molar-refractivity contribution >= 4 is 46.6 Å². The summed E-state index contributed by atoms with van der Waals surface area (Å²) in [6, 6.07) is 15.9. The predicted octanol–water partition coefficient (Wildman–Crippen LogP) is 4.39. The number of anilines is 4. The minimum Gasteiger partial charge on any atom is -0.324 e. The van der Waals surface area contributed by atoms with Gasteiger partial charge in [-0.05, 0) is 68.2 Å². The van der Waals surface area contributed by atoms with Crippen molar-refractivity contribution in [3.05, 3.63) is 90.3 Å². The topological polar surface area (TPSA) is 112 Å². The number of hydrogen-bond acceptors (Lipinski definition) is 7. The number of dihydropyridines is 1. The van der Waals surface area contributed by atoms with Crippen LogP contribution in [0.2, 0.25) is 0 Å². The Bertz CT molecular complexity index is 1340. The summed E-state index contributed by atoms with van der Waals surface area (Å²) in [5.41, 5.74) is 4.33. The number of carbonyl (C=O) groups is 2. The van der Waals surface area contributed by atoms with E-state index in [-0.39, 0.29) is 11.8 Å². The zero-order chi connectivity index (χ0) is 26.0. The van der Waals surface area contributed by atoms with Crippen LogP contribution >= 0.6 is 0 Å². The Kier molecular flexibility index (Phi) is 8.51. The maximum Gasteiger partial charge on any atom is 0.255 e. The number of amides is 2. The summed E-state index contributed by atoms with van der Waals surface area (Å²) in [5.74, 6) is -0.0412. The lowest BCUT2D eigenvalue weighted by Gasteiger charge is -2.11. The van der Waals surface area contributed by atoms with Crippen LogP contribution in [0.4, 0.5) is 23.0 Å². The average molecular weight is 496 g/mol. The molecule has 3 aromatic rings. The normalized spacial score (nSPS) is 12.9. The van der Waals surface area contributed by atoms with Gasteiger partial charge in [-0.3, -0.25) is 14.6 Å². The van der Waals surface area contributed by atoms with E-state index in [1.54, 1.807) is 48.7 Å². The zero-order valence-electron chi connectivity index (χ0n) is 20.8. The molecule has 0 saturated heterocycles. The molecular formula is C28H29N7O2. The van der Waals surface area contributed by atoms with Gasteiger partial charge in [0.25, 0.3) is 5.91 Å². The molecule has 9 heteroatoms. The van der Waals surface area contributed by atoms with Crippen LogP contribution in [0.3, 0.4) is 0 Å². The Morgan fingerprint density at radius 1 is 1.00 bits per heavy atom. The van der Waals surface area contributed by atoms with Gasteiger partial charge in [-0.25, -0.2) is 9.97 Å². The maximum absolute atomic E-state index is 12.8. The number of benzene rings is 2. The van der Waals surface area contributed by atoms with E-state index in [2.05, 4.69) is 37.0 Å². The first-order valence-corrected chi connectivity index (χ1v) is 11.9. The molecular weight excluding hydrogens is 466 g/mol. The SMILES string of the molecule is CN(C)C/C=C/C(=O)Nc1cccc(C(=O)Nc2ccc(Nc3nccc(C4=CCC=NC4)n3)cc2)c1. The second-order valence-electron chi connectivity index (χ2n) is 8.64. The average Bonchev–Trinajstić information content (AvgIpc) is 2.90. The fraction of sp³-hybridized carbons (Fsp3) is 0.179. The van der Waals surface area contributed by atoms with E-state index in [0.717, 1.165) is 23.4 Å². The van der Waals surface area contributed by atoms with Crippen molar-refractivity contribution in [2.75, 3.05) is 43.1 Å². The third-order valence-corrected chi connectivity index (χ3v) is 5.38. The number of likely N-dealkylation sites (N-methyl/N-ethyl adjacent to an activating group) is 1. The van der Waals surface area contributed by atoms with E-state index < -0.39 is 0 Å². The Labute approximate surface area is 216 Å². The molecule has 37 heavy (non-hydrogen) atoms. The van der Waals surface area contributed by atoms with Gasteiger partial charge in [0.2, 0.25) is 11.9 Å². The van der Waals surface area contributed by atoms with Gasteiger partial charge in [-0.15, -0.1) is 0 Å². The quantitative estimate of drug-likeness (QED) is 0.380. The summed E-state index contributed by atoms with van der Waals surface area (Å²) in [4.78, 5) is 40.0. The van der Waals surface area contributed by atoms with Crippen molar-refractivity contribution in [2.45, 2.75) is 6.42 Å². The number of rotatable bonds is 9. The summed E-state index contributed by atoms with van der Waals surface area (Å²) in [6.07, 6.45) is 9.79. The number of aromatic nitrogens is 2. The molecule has 0 unspecified atom stereocenters. The van der Waals surface area contributed by atoms with Gasteiger partial charge in [0, 0.05) is 54.1 Å². The van der Waals surface area contributed by atoms with Crippen LogP contribution in [0.15, 0.2) is 84.0 Å². The van der Waals surface area contributed by atoms with Gasteiger partial charge in [-0.2, -0.15) is 0 Å². The van der Waals surface area contributed by atoms with Crippen LogP contribution < -0.4 is 16.0 Å². The monoisotopic (exact) mass is 495 g/mol. The van der Waals surface area contributed by atoms with Crippen LogP contribution in [-0.4, -0.2) is 60.1 Å². The standard InChI is InChI=1S/C28H29N7O2/c1-35(2)17-5-9-26(36)31-24-8-3-6-20(18-24)27(37)32-22-10-12-23(13-11-22)33-28-30-16-14-25(34-28)21-7-4-15-29-19-21/h3,5-16,18H,4,17,19H2,1-2H3,(H,31,36)(H,32,37)(H,30,33,34)/b9-5+. The van der Waals surface area contributed by atoms with Crippen molar-refractivity contribution in [2.24, 2.45) is 4.99 Å². The number of aliphatic imine (C=N–C) groups is 1. The first kappa shape index (κ1) is 25.5. The Morgan fingerprint density at radius 3 is 2.57 bits per heavy atom. The van der Waals surface area contributed by atoms with Crippen LogP contribution in [-0.2, 0) is 4.79 Å². The summed E-state index contributed by atoms with van der Waals surface area (Å²) in [5, 5.41) is 8.85. The molecule has 0 saturated carbocycles. The van der Waals surface area contributed by atoms with Crippen molar-refractivity contribution in [1.82, 2.24) is 14.9 Å². The number of allylic oxidation sites excluding steroid dienone is 1. The predicted molar refractivity (Wildman–Crippen MR) is 148 cm³/mol. The highest BCUT2D eigenvalue weighted by Crippen LogP contribution is 2.20. The van der Waals surface area contributed by atoms with Gasteiger partial charge in [0.05, 0.1) is 12.2 Å². The Hall–Kier alpha value is -4.63. The van der Waals surface area contributed by atoms with Gasteiger partial charge >= 0.3 is 0 Å². The summed E-state index contributed by atoms with van der Waals surface area (Å²) in [7, 11) is 3.85. The van der Waals surface area contributed by atoms with Crippen molar-refractivity contribution in [3.8, 4) is 0 Å². The van der Waals surface area contributed by atoms with Crippen LogP contribution in [0.5, 0.6) is 0 Å². The molecule has 0 bridgehead atoms. The highest BCUT2D eigenvalue weighted by molar-refractivity contribution is 6.06. The molecule has 9 nitrogen and oxygen atoms in total. The van der Waals surface area contributed by atoms with E-state index in [1.807, 2.05) is 43.4 Å². The molecule has 1 aliphatic heterocycles. The summed E-state index contributed by atoms with van der Waals surface area (Å²) in [6.45, 7) is 1.28. The zero-order valence-corrected chi connectivity index (χ0v) is 20.8. The lowest BCUT2D eigenvalue weighted by molar-refractivity contribution is -0.111. The fourth-order valence-corrected chi connectivity index (χ4v) is 3.54. The molecule has 0 atom stereocenters. The number of nitrogens with zero attached hydrogens (tertiary/aromatic N) is 4. The molecule has 2 heterocycles. The lowest BCUT2D eigenvalue weighted by atomic mass is 10.1. The third-order valence-electron chi connectivity index (χ3n) is 5.38. The highest BCUT2D eigenvalue weighted by atomic mass is 16.2. The summed E-state index contributed by atoms with van der Waals surface area (Å²) >= 11 is 0. The molecule has 2 amide bonds. The molecule has 188 valence electrons. The van der Waals surface area contributed by atoms with Gasteiger partial charge in [0.15, 0.2) is 0 Å². The summed E-state index contributed by atoms with van der Waals surface area (Å²) < 4.78 is 0. The Morgan fingerprint density at radius 2 is 1.81 bits per heavy atom. The number of nitrogens with one attached hydrogen (secondary N) is 3. The lowest BCUT2D eigenvalue weighted by Crippen LogP contribution is -2.14. The van der Waals surface area contributed by atoms with Gasteiger partial charge in [-0.1, -0.05) is 18.2 Å². The highest BCUT2D eigenvalue weighted by Gasteiger charge is 2.09.